The zero-order valence-corrected chi connectivity index (χ0v) is 30.3. The average Bonchev–Trinajstić information content (AvgIpc) is 3.90. The molecular formula is C50H30N4S. The second-order valence-electron chi connectivity index (χ2n) is 14.2. The summed E-state index contributed by atoms with van der Waals surface area (Å²) in [5, 5.41) is 7.69. The quantitative estimate of drug-likeness (QED) is 0.182. The van der Waals surface area contributed by atoms with Crippen LogP contribution in [0, 0.1) is 0 Å². The molecule has 4 aromatic heterocycles. The van der Waals surface area contributed by atoms with Crippen LogP contribution in [-0.4, -0.2) is 19.1 Å². The van der Waals surface area contributed by atoms with Gasteiger partial charge in [0.2, 0.25) is 0 Å². The van der Waals surface area contributed by atoms with Crippen molar-refractivity contribution in [3.8, 4) is 33.9 Å². The molecule has 0 aliphatic carbocycles. The average molecular weight is 719 g/mol. The molecule has 0 bridgehead atoms. The predicted octanol–water partition coefficient (Wildman–Crippen LogP) is 13.5. The fourth-order valence-electron chi connectivity index (χ4n) is 8.64. The minimum Gasteiger partial charge on any atom is -0.309 e. The molecule has 256 valence electrons. The van der Waals surface area contributed by atoms with Gasteiger partial charge in [-0.3, -0.25) is 0 Å². The number of benzene rings is 8. The van der Waals surface area contributed by atoms with Gasteiger partial charge in [0.05, 0.1) is 44.5 Å². The molecule has 0 atom stereocenters. The van der Waals surface area contributed by atoms with Crippen molar-refractivity contribution in [3.63, 3.8) is 0 Å². The van der Waals surface area contributed by atoms with Crippen LogP contribution < -0.4 is 0 Å². The maximum Gasteiger partial charge on any atom is 0.0973 e. The predicted molar refractivity (Wildman–Crippen MR) is 232 cm³/mol. The Balaban J connectivity index is 1.12. The summed E-state index contributed by atoms with van der Waals surface area (Å²) in [7, 11) is 0. The first-order valence-corrected chi connectivity index (χ1v) is 19.4. The maximum absolute atomic E-state index is 5.17. The second kappa shape index (κ2) is 11.7. The van der Waals surface area contributed by atoms with Crippen molar-refractivity contribution < 1.29 is 0 Å². The van der Waals surface area contributed by atoms with Crippen molar-refractivity contribution in [2.75, 3.05) is 0 Å². The van der Waals surface area contributed by atoms with Crippen LogP contribution in [-0.2, 0) is 0 Å². The number of fused-ring (bicyclic) bond motifs is 11. The Morgan fingerprint density at radius 3 is 1.71 bits per heavy atom. The first kappa shape index (κ1) is 30.4. The molecular weight excluding hydrogens is 689 g/mol. The van der Waals surface area contributed by atoms with E-state index in [0.717, 1.165) is 44.9 Å². The van der Waals surface area contributed by atoms with Crippen LogP contribution in [0.2, 0.25) is 0 Å². The van der Waals surface area contributed by atoms with Gasteiger partial charge in [-0.15, -0.1) is 11.3 Å². The van der Waals surface area contributed by atoms with Gasteiger partial charge in [0, 0.05) is 64.2 Å². The highest BCUT2D eigenvalue weighted by Gasteiger charge is 2.21. The Morgan fingerprint density at radius 2 is 0.945 bits per heavy atom. The van der Waals surface area contributed by atoms with Crippen LogP contribution in [0.25, 0.3) is 109 Å². The molecule has 4 nitrogen and oxygen atoms in total. The molecule has 0 N–H and O–H groups in total. The van der Waals surface area contributed by atoms with E-state index >= 15 is 0 Å². The number of thiophene rings is 1. The lowest BCUT2D eigenvalue weighted by molar-refractivity contribution is 1.16. The highest BCUT2D eigenvalue weighted by molar-refractivity contribution is 7.26. The summed E-state index contributed by atoms with van der Waals surface area (Å²) < 4.78 is 7.52. The Hall–Kier alpha value is -7.08. The molecule has 0 fully saturated rings. The fraction of sp³-hybridized carbons (Fsp3) is 0. The van der Waals surface area contributed by atoms with Gasteiger partial charge in [-0.2, -0.15) is 0 Å². The molecule has 0 aliphatic heterocycles. The molecule has 0 amide bonds. The van der Waals surface area contributed by atoms with Crippen LogP contribution in [0.4, 0.5) is 0 Å². The van der Waals surface area contributed by atoms with Gasteiger partial charge >= 0.3 is 0 Å². The number of para-hydroxylation sites is 4. The lowest BCUT2D eigenvalue weighted by atomic mass is 10.0. The summed E-state index contributed by atoms with van der Waals surface area (Å²) in [5.74, 6) is 0. The Bertz CT molecular complexity index is 3470. The maximum atomic E-state index is 5.17. The highest BCUT2D eigenvalue weighted by atomic mass is 32.1. The summed E-state index contributed by atoms with van der Waals surface area (Å²) in [4.78, 5) is 10.3. The third-order valence-electron chi connectivity index (χ3n) is 11.1. The first-order chi connectivity index (χ1) is 27.3. The SMILES string of the molecule is c1ccc(-c2nc3ccccc3nc2-c2ccc(-n3c4ccccc4c4cc5c6c7sc8ccccc8c7ccc6n(-c6ccccc6)c5cc43)cc2)cc1. The van der Waals surface area contributed by atoms with Gasteiger partial charge in [-0.25, -0.2) is 9.97 Å². The van der Waals surface area contributed by atoms with Gasteiger partial charge in [-0.1, -0.05) is 115 Å². The number of nitrogens with zero attached hydrogens (tertiary/aromatic N) is 4. The molecule has 5 heteroatoms. The van der Waals surface area contributed by atoms with Gasteiger partial charge in [0.15, 0.2) is 0 Å². The lowest BCUT2D eigenvalue weighted by Crippen LogP contribution is -1.97. The van der Waals surface area contributed by atoms with E-state index in [1.165, 1.54) is 63.8 Å². The van der Waals surface area contributed by atoms with Crippen molar-refractivity contribution >= 4 is 86.2 Å². The van der Waals surface area contributed by atoms with Gasteiger partial charge in [-0.05, 0) is 66.7 Å². The van der Waals surface area contributed by atoms with Crippen molar-refractivity contribution in [3.05, 3.63) is 182 Å². The summed E-state index contributed by atoms with van der Waals surface area (Å²) in [6.45, 7) is 0. The molecule has 4 heterocycles. The van der Waals surface area contributed by atoms with Crippen molar-refractivity contribution in [2.45, 2.75) is 0 Å². The molecule has 8 aromatic carbocycles. The zero-order chi connectivity index (χ0) is 36.0. The van der Waals surface area contributed by atoms with Crippen LogP contribution in [0.3, 0.4) is 0 Å². The van der Waals surface area contributed by atoms with E-state index in [1.54, 1.807) is 0 Å². The van der Waals surface area contributed by atoms with E-state index in [0.29, 0.717) is 0 Å². The van der Waals surface area contributed by atoms with E-state index in [9.17, 15) is 0 Å². The molecule has 0 unspecified atom stereocenters. The molecule has 12 aromatic rings. The number of rotatable bonds is 4. The minimum absolute atomic E-state index is 0.875. The van der Waals surface area contributed by atoms with E-state index < -0.39 is 0 Å². The van der Waals surface area contributed by atoms with Gasteiger partial charge in [0.25, 0.3) is 0 Å². The summed E-state index contributed by atoms with van der Waals surface area (Å²) >= 11 is 1.90. The van der Waals surface area contributed by atoms with Gasteiger partial charge in [0.1, 0.15) is 0 Å². The molecule has 0 spiro atoms. The smallest absolute Gasteiger partial charge is 0.0973 e. The topological polar surface area (TPSA) is 35.6 Å². The first-order valence-electron chi connectivity index (χ1n) is 18.6. The molecule has 0 aliphatic rings. The Labute approximate surface area is 319 Å². The van der Waals surface area contributed by atoms with Crippen LogP contribution in [0.5, 0.6) is 0 Å². The highest BCUT2D eigenvalue weighted by Crippen LogP contribution is 2.45. The third-order valence-corrected chi connectivity index (χ3v) is 12.3. The van der Waals surface area contributed by atoms with E-state index in [1.807, 2.05) is 41.7 Å². The van der Waals surface area contributed by atoms with Gasteiger partial charge < -0.3 is 9.13 Å². The van der Waals surface area contributed by atoms with Crippen LogP contribution >= 0.6 is 11.3 Å². The fourth-order valence-corrected chi connectivity index (χ4v) is 9.90. The monoisotopic (exact) mass is 718 g/mol. The normalized spacial score (nSPS) is 12.0. The van der Waals surface area contributed by atoms with Crippen LogP contribution in [0.1, 0.15) is 0 Å². The molecule has 12 rings (SSSR count). The number of hydrogen-bond acceptors (Lipinski definition) is 3. The summed E-state index contributed by atoms with van der Waals surface area (Å²) in [5.41, 5.74) is 12.6. The van der Waals surface area contributed by atoms with E-state index in [-0.39, 0.29) is 0 Å². The number of hydrogen-bond donors (Lipinski definition) is 0. The molecule has 0 saturated carbocycles. The molecule has 0 saturated heterocycles. The summed E-state index contributed by atoms with van der Waals surface area (Å²) in [6, 6.07) is 65.2. The van der Waals surface area contributed by atoms with Crippen molar-refractivity contribution in [2.24, 2.45) is 0 Å². The summed E-state index contributed by atoms with van der Waals surface area (Å²) in [6.07, 6.45) is 0. The molecule has 55 heavy (non-hydrogen) atoms. The standard InChI is InChI=1S/C50H30N4S/c1-3-13-31(14-4-1)48-49(52-41-20-10-9-19-40(41)51-48)32-23-25-34(26-24-32)53-42-21-11-7-17-35(42)38-29-39-45(30-44(38)53)54(33-15-5-2-6-16-33)43-28-27-37-36-18-8-12-22-46(36)55-50(37)47(39)43/h1-30H. The minimum atomic E-state index is 0.875. The van der Waals surface area contributed by atoms with Crippen LogP contribution in [0.15, 0.2) is 182 Å². The Kier molecular flexibility index (Phi) is 6.47. The molecule has 0 radical (unpaired) electrons. The van der Waals surface area contributed by atoms with Crippen molar-refractivity contribution in [1.82, 2.24) is 19.1 Å². The van der Waals surface area contributed by atoms with Crippen molar-refractivity contribution in [1.29, 1.82) is 0 Å². The van der Waals surface area contributed by atoms with E-state index in [4.69, 9.17) is 9.97 Å². The zero-order valence-electron chi connectivity index (χ0n) is 29.5. The largest absolute Gasteiger partial charge is 0.309 e. The second-order valence-corrected chi connectivity index (χ2v) is 15.2. The Morgan fingerprint density at radius 1 is 0.364 bits per heavy atom. The third kappa shape index (κ3) is 4.51. The number of aromatic nitrogens is 4. The lowest BCUT2D eigenvalue weighted by Gasteiger charge is -2.13. The van der Waals surface area contributed by atoms with E-state index in [2.05, 4.69) is 161 Å².